The van der Waals surface area contributed by atoms with Gasteiger partial charge in [0.05, 0.1) is 5.02 Å². The molecule has 0 saturated carbocycles. The Morgan fingerprint density at radius 1 is 1.22 bits per heavy atom. The van der Waals surface area contributed by atoms with Crippen LogP contribution in [0.25, 0.3) is 11.1 Å². The largest absolute Gasteiger partial charge is 0.326 e. The number of rotatable bonds is 2. The van der Waals surface area contributed by atoms with Gasteiger partial charge in [-0.1, -0.05) is 29.8 Å². The second kappa shape index (κ2) is 5.39. The van der Waals surface area contributed by atoms with Crippen molar-refractivity contribution in [2.75, 3.05) is 0 Å². The third-order valence-electron chi connectivity index (χ3n) is 2.86. The van der Waals surface area contributed by atoms with Crippen molar-refractivity contribution in [1.29, 1.82) is 0 Å². The zero-order chi connectivity index (χ0) is 13.3. The smallest absolute Gasteiger partial charge is 0.150 e. The Hall–Kier alpha value is -0.900. The van der Waals surface area contributed by atoms with Crippen molar-refractivity contribution in [3.63, 3.8) is 0 Å². The zero-order valence-corrected chi connectivity index (χ0v) is 12.1. The van der Waals surface area contributed by atoms with Crippen LogP contribution in [0, 0.1) is 12.7 Å². The normalized spacial score (nSPS) is 10.7. The SMILES string of the molecule is Cc1ccc(CN)cc1-c1ccc(Br)c(Cl)c1F. The summed E-state index contributed by atoms with van der Waals surface area (Å²) < 4.78 is 14.7. The molecule has 4 heteroatoms. The van der Waals surface area contributed by atoms with Gasteiger partial charge in [0, 0.05) is 16.6 Å². The summed E-state index contributed by atoms with van der Waals surface area (Å²) >= 11 is 9.12. The molecule has 0 spiro atoms. The first-order chi connectivity index (χ1) is 8.54. The predicted octanol–water partition coefficient (Wildman–Crippen LogP) is 4.68. The van der Waals surface area contributed by atoms with Crippen LogP contribution >= 0.6 is 27.5 Å². The van der Waals surface area contributed by atoms with Crippen molar-refractivity contribution in [1.82, 2.24) is 0 Å². The predicted molar refractivity (Wildman–Crippen MR) is 77.2 cm³/mol. The fourth-order valence-electron chi connectivity index (χ4n) is 1.82. The van der Waals surface area contributed by atoms with Crippen molar-refractivity contribution in [3.05, 3.63) is 56.8 Å². The maximum atomic E-state index is 14.2. The summed E-state index contributed by atoms with van der Waals surface area (Å²) in [6.45, 7) is 2.37. The Morgan fingerprint density at radius 2 is 1.94 bits per heavy atom. The topological polar surface area (TPSA) is 26.0 Å². The zero-order valence-electron chi connectivity index (χ0n) is 9.81. The Kier molecular flexibility index (Phi) is 4.05. The van der Waals surface area contributed by atoms with E-state index in [1.54, 1.807) is 12.1 Å². The number of aryl methyl sites for hydroxylation is 1. The van der Waals surface area contributed by atoms with Crippen molar-refractivity contribution in [3.8, 4) is 11.1 Å². The molecule has 0 aliphatic rings. The fourth-order valence-corrected chi connectivity index (χ4v) is 2.29. The molecule has 2 aromatic carbocycles. The van der Waals surface area contributed by atoms with Crippen molar-refractivity contribution in [2.45, 2.75) is 13.5 Å². The molecular formula is C14H12BrClFN. The molecule has 2 N–H and O–H groups in total. The van der Waals surface area contributed by atoms with Gasteiger partial charge in [0.1, 0.15) is 0 Å². The minimum absolute atomic E-state index is 0.102. The van der Waals surface area contributed by atoms with Gasteiger partial charge < -0.3 is 5.73 Å². The van der Waals surface area contributed by atoms with E-state index in [2.05, 4.69) is 15.9 Å². The first-order valence-electron chi connectivity index (χ1n) is 5.48. The van der Waals surface area contributed by atoms with E-state index >= 15 is 0 Å². The monoisotopic (exact) mass is 327 g/mol. The molecule has 0 aliphatic heterocycles. The van der Waals surface area contributed by atoms with Gasteiger partial charge >= 0.3 is 0 Å². The highest BCUT2D eigenvalue weighted by atomic mass is 79.9. The lowest BCUT2D eigenvalue weighted by molar-refractivity contribution is 0.631. The number of benzene rings is 2. The molecule has 0 heterocycles. The van der Waals surface area contributed by atoms with Crippen LogP contribution in [0.4, 0.5) is 4.39 Å². The van der Waals surface area contributed by atoms with Gasteiger partial charge in [-0.25, -0.2) is 4.39 Å². The van der Waals surface area contributed by atoms with Gasteiger partial charge in [-0.3, -0.25) is 0 Å². The van der Waals surface area contributed by atoms with Crippen LogP contribution in [-0.2, 0) is 6.54 Å². The quantitative estimate of drug-likeness (QED) is 0.796. The van der Waals surface area contributed by atoms with E-state index < -0.39 is 5.82 Å². The molecule has 0 aliphatic carbocycles. The minimum atomic E-state index is -0.414. The average molecular weight is 329 g/mol. The number of hydrogen-bond acceptors (Lipinski definition) is 1. The Balaban J connectivity index is 2.65. The Labute approximate surface area is 119 Å². The lowest BCUT2D eigenvalue weighted by Crippen LogP contribution is -1.98. The van der Waals surface area contributed by atoms with E-state index in [1.807, 2.05) is 25.1 Å². The molecule has 0 unspecified atom stereocenters. The van der Waals surface area contributed by atoms with Crippen molar-refractivity contribution >= 4 is 27.5 Å². The van der Waals surface area contributed by atoms with E-state index in [0.717, 1.165) is 16.7 Å². The van der Waals surface area contributed by atoms with Crippen LogP contribution in [0.2, 0.25) is 5.02 Å². The molecule has 0 radical (unpaired) electrons. The molecule has 2 rings (SSSR count). The van der Waals surface area contributed by atoms with Crippen LogP contribution in [0.5, 0.6) is 0 Å². The molecule has 94 valence electrons. The van der Waals surface area contributed by atoms with E-state index in [-0.39, 0.29) is 5.02 Å². The van der Waals surface area contributed by atoms with Gasteiger partial charge in [-0.15, -0.1) is 0 Å². The van der Waals surface area contributed by atoms with E-state index in [0.29, 0.717) is 16.6 Å². The first-order valence-corrected chi connectivity index (χ1v) is 6.65. The fraction of sp³-hybridized carbons (Fsp3) is 0.143. The van der Waals surface area contributed by atoms with Gasteiger partial charge in [0.2, 0.25) is 0 Å². The molecule has 0 aromatic heterocycles. The molecule has 0 atom stereocenters. The third kappa shape index (κ3) is 2.44. The molecule has 0 fully saturated rings. The highest BCUT2D eigenvalue weighted by Gasteiger charge is 2.13. The summed E-state index contributed by atoms with van der Waals surface area (Å²) in [5.41, 5.74) is 8.89. The summed E-state index contributed by atoms with van der Waals surface area (Å²) in [5, 5.41) is 0.102. The molecule has 1 nitrogen and oxygen atoms in total. The summed E-state index contributed by atoms with van der Waals surface area (Å²) in [5.74, 6) is -0.414. The third-order valence-corrected chi connectivity index (χ3v) is 4.12. The van der Waals surface area contributed by atoms with Crippen LogP contribution in [0.15, 0.2) is 34.8 Å². The van der Waals surface area contributed by atoms with E-state index in [1.165, 1.54) is 0 Å². The molecule has 0 saturated heterocycles. The van der Waals surface area contributed by atoms with Gasteiger partial charge in [0.25, 0.3) is 0 Å². The summed E-state index contributed by atoms with van der Waals surface area (Å²) in [6.07, 6.45) is 0. The molecule has 0 amide bonds. The molecule has 18 heavy (non-hydrogen) atoms. The second-order valence-corrected chi connectivity index (χ2v) is 5.31. The van der Waals surface area contributed by atoms with Crippen LogP contribution in [0.1, 0.15) is 11.1 Å². The summed E-state index contributed by atoms with van der Waals surface area (Å²) in [6, 6.07) is 9.24. The average Bonchev–Trinajstić information content (AvgIpc) is 2.37. The van der Waals surface area contributed by atoms with Crippen LogP contribution in [-0.4, -0.2) is 0 Å². The standard InChI is InChI=1S/C14H12BrClFN/c1-8-2-3-9(7-18)6-11(8)10-4-5-12(15)13(16)14(10)17/h2-6H,7,18H2,1H3. The van der Waals surface area contributed by atoms with Crippen LogP contribution in [0.3, 0.4) is 0 Å². The molecule has 2 aromatic rings. The summed E-state index contributed by atoms with van der Waals surface area (Å²) in [4.78, 5) is 0. The maximum Gasteiger partial charge on any atom is 0.150 e. The maximum absolute atomic E-state index is 14.2. The van der Waals surface area contributed by atoms with Crippen molar-refractivity contribution < 1.29 is 4.39 Å². The minimum Gasteiger partial charge on any atom is -0.326 e. The highest BCUT2D eigenvalue weighted by molar-refractivity contribution is 9.10. The summed E-state index contributed by atoms with van der Waals surface area (Å²) in [7, 11) is 0. The first kappa shape index (κ1) is 13.5. The van der Waals surface area contributed by atoms with Gasteiger partial charge in [-0.05, 0) is 51.7 Å². The lowest BCUT2D eigenvalue weighted by Gasteiger charge is -2.11. The highest BCUT2D eigenvalue weighted by Crippen LogP contribution is 2.34. The molecule has 0 bridgehead atoms. The Morgan fingerprint density at radius 3 is 2.61 bits per heavy atom. The number of halogens is 3. The molecular weight excluding hydrogens is 317 g/mol. The number of hydrogen-bond donors (Lipinski definition) is 1. The van der Waals surface area contributed by atoms with Crippen LogP contribution < -0.4 is 5.73 Å². The van der Waals surface area contributed by atoms with E-state index in [9.17, 15) is 4.39 Å². The number of nitrogens with two attached hydrogens (primary N) is 1. The van der Waals surface area contributed by atoms with Gasteiger partial charge in [0.15, 0.2) is 5.82 Å². The van der Waals surface area contributed by atoms with Gasteiger partial charge in [-0.2, -0.15) is 0 Å². The Bertz CT molecular complexity index is 599. The lowest BCUT2D eigenvalue weighted by atomic mass is 9.97. The van der Waals surface area contributed by atoms with E-state index in [4.69, 9.17) is 17.3 Å². The van der Waals surface area contributed by atoms with Crippen molar-refractivity contribution in [2.24, 2.45) is 5.73 Å². The second-order valence-electron chi connectivity index (χ2n) is 4.08.